The maximum Gasteiger partial charge on any atom is 0.317 e. The van der Waals surface area contributed by atoms with Crippen LogP contribution in [0.3, 0.4) is 0 Å². The van der Waals surface area contributed by atoms with Gasteiger partial charge in [0.2, 0.25) is 5.72 Å². The van der Waals surface area contributed by atoms with Crippen LogP contribution < -0.4 is 29.1 Å². The number of rotatable bonds is 4. The van der Waals surface area contributed by atoms with E-state index in [1.807, 2.05) is 30.3 Å². The Morgan fingerprint density at radius 2 is 1.91 bits per heavy atom. The SMILES string of the molecule is COC(=O)C1C2c3ccccc3O[C@]1(C)N=c1s/c(=C/c3ccc(OC)c(OC)c3)c(=O)n12. The minimum Gasteiger partial charge on any atom is -0.493 e. The van der Waals surface area contributed by atoms with Crippen LogP contribution in [-0.2, 0) is 9.53 Å². The summed E-state index contributed by atoms with van der Waals surface area (Å²) in [6.45, 7) is 1.75. The lowest BCUT2D eigenvalue weighted by Crippen LogP contribution is -2.58. The Bertz CT molecular complexity index is 1440. The van der Waals surface area contributed by atoms with Gasteiger partial charge in [0.05, 0.1) is 31.9 Å². The normalized spacial score (nSPS) is 23.0. The summed E-state index contributed by atoms with van der Waals surface area (Å²) in [6, 6.07) is 12.2. The van der Waals surface area contributed by atoms with Crippen molar-refractivity contribution in [3.8, 4) is 17.2 Å². The molecule has 2 aliphatic heterocycles. The number of carbonyl (C=O) groups is 1. The van der Waals surface area contributed by atoms with Gasteiger partial charge in [0, 0.05) is 5.56 Å². The lowest BCUT2D eigenvalue weighted by atomic mass is 9.81. The summed E-state index contributed by atoms with van der Waals surface area (Å²) >= 11 is 1.26. The van der Waals surface area contributed by atoms with Crippen LogP contribution >= 0.6 is 11.3 Å². The highest BCUT2D eigenvalue weighted by molar-refractivity contribution is 7.07. The second kappa shape index (κ2) is 7.77. The van der Waals surface area contributed by atoms with Crippen molar-refractivity contribution in [3.05, 3.63) is 73.3 Å². The number of hydrogen-bond donors (Lipinski definition) is 0. The Balaban J connectivity index is 1.74. The number of fused-ring (bicyclic) bond motifs is 6. The number of nitrogens with zero attached hydrogens (tertiary/aromatic N) is 2. The smallest absolute Gasteiger partial charge is 0.317 e. The molecule has 0 fully saturated rings. The number of benzene rings is 2. The van der Waals surface area contributed by atoms with E-state index < -0.39 is 23.7 Å². The molecule has 170 valence electrons. The Kier molecular flexibility index (Phi) is 5.01. The molecule has 2 unspecified atom stereocenters. The van der Waals surface area contributed by atoms with Crippen LogP contribution in [0.4, 0.5) is 0 Å². The van der Waals surface area contributed by atoms with Gasteiger partial charge in [-0.15, -0.1) is 0 Å². The Morgan fingerprint density at radius 3 is 2.64 bits per heavy atom. The quantitative estimate of drug-likeness (QED) is 0.546. The molecule has 0 saturated carbocycles. The highest BCUT2D eigenvalue weighted by Crippen LogP contribution is 2.47. The van der Waals surface area contributed by atoms with Crippen molar-refractivity contribution in [3.63, 3.8) is 0 Å². The van der Waals surface area contributed by atoms with Crippen molar-refractivity contribution in [1.82, 2.24) is 4.57 Å². The third-order valence-corrected chi connectivity index (χ3v) is 7.02. The van der Waals surface area contributed by atoms with E-state index in [9.17, 15) is 9.59 Å². The summed E-state index contributed by atoms with van der Waals surface area (Å²) in [5.41, 5.74) is 0.105. The first-order valence-corrected chi connectivity index (χ1v) is 11.1. The zero-order valence-electron chi connectivity index (χ0n) is 18.5. The predicted molar refractivity (Wildman–Crippen MR) is 122 cm³/mol. The van der Waals surface area contributed by atoms with Gasteiger partial charge in [0.25, 0.3) is 5.56 Å². The van der Waals surface area contributed by atoms with Crippen molar-refractivity contribution < 1.29 is 23.7 Å². The van der Waals surface area contributed by atoms with Gasteiger partial charge in [-0.25, -0.2) is 4.99 Å². The molecule has 0 amide bonds. The van der Waals surface area contributed by atoms with Crippen LogP contribution in [0.2, 0.25) is 0 Å². The van der Waals surface area contributed by atoms with Gasteiger partial charge >= 0.3 is 5.97 Å². The number of thiazole rings is 1. The molecule has 3 heterocycles. The Labute approximate surface area is 193 Å². The molecule has 8 nitrogen and oxygen atoms in total. The fourth-order valence-electron chi connectivity index (χ4n) is 4.53. The highest BCUT2D eigenvalue weighted by Gasteiger charge is 2.55. The lowest BCUT2D eigenvalue weighted by molar-refractivity contribution is -0.158. The number of esters is 1. The van der Waals surface area contributed by atoms with E-state index in [2.05, 4.69) is 0 Å². The largest absolute Gasteiger partial charge is 0.493 e. The van der Waals surface area contributed by atoms with E-state index >= 15 is 0 Å². The molecule has 2 aromatic carbocycles. The van der Waals surface area contributed by atoms with Gasteiger partial charge in [0.1, 0.15) is 11.7 Å². The molecule has 2 aliphatic rings. The molecule has 2 bridgehead atoms. The summed E-state index contributed by atoms with van der Waals surface area (Å²) in [7, 11) is 4.46. The van der Waals surface area contributed by atoms with Crippen molar-refractivity contribution in [2.75, 3.05) is 21.3 Å². The molecular weight excluding hydrogens is 444 g/mol. The maximum absolute atomic E-state index is 13.6. The van der Waals surface area contributed by atoms with Crippen molar-refractivity contribution >= 4 is 23.4 Å². The molecule has 3 atom stereocenters. The van der Waals surface area contributed by atoms with Gasteiger partial charge in [0.15, 0.2) is 16.3 Å². The molecule has 1 aromatic heterocycles. The minimum absolute atomic E-state index is 0.230. The number of hydrogen-bond acceptors (Lipinski definition) is 8. The van der Waals surface area contributed by atoms with Gasteiger partial charge in [-0.05, 0) is 36.8 Å². The molecule has 3 aromatic rings. The second-order valence-electron chi connectivity index (χ2n) is 7.93. The van der Waals surface area contributed by atoms with Crippen molar-refractivity contribution in [1.29, 1.82) is 0 Å². The van der Waals surface area contributed by atoms with Gasteiger partial charge in [-0.3, -0.25) is 14.2 Å². The van der Waals surface area contributed by atoms with Crippen LogP contribution in [0.15, 0.2) is 52.3 Å². The zero-order valence-corrected chi connectivity index (χ0v) is 19.3. The van der Waals surface area contributed by atoms with Crippen LogP contribution in [-0.4, -0.2) is 37.6 Å². The minimum atomic E-state index is -1.19. The molecule has 0 saturated heterocycles. The molecule has 0 aliphatic carbocycles. The molecule has 33 heavy (non-hydrogen) atoms. The zero-order chi connectivity index (χ0) is 23.3. The average Bonchev–Trinajstić information content (AvgIpc) is 3.11. The molecule has 0 radical (unpaired) electrons. The fourth-order valence-corrected chi connectivity index (χ4v) is 5.62. The highest BCUT2D eigenvalue weighted by atomic mass is 32.1. The van der Waals surface area contributed by atoms with Crippen LogP contribution in [0.25, 0.3) is 6.08 Å². The first-order chi connectivity index (χ1) is 15.9. The number of methoxy groups -OCH3 is 3. The van der Waals surface area contributed by atoms with E-state index in [0.717, 1.165) is 11.1 Å². The number of carbonyl (C=O) groups excluding carboxylic acids is 1. The average molecular weight is 467 g/mol. The third-order valence-electron chi connectivity index (χ3n) is 6.04. The van der Waals surface area contributed by atoms with E-state index in [0.29, 0.717) is 26.6 Å². The first kappa shape index (κ1) is 21.3. The molecule has 0 N–H and O–H groups in total. The fraction of sp³-hybridized carbons (Fsp3) is 0.292. The van der Waals surface area contributed by atoms with Crippen LogP contribution in [0.1, 0.15) is 24.1 Å². The lowest BCUT2D eigenvalue weighted by Gasteiger charge is -2.44. The summed E-state index contributed by atoms with van der Waals surface area (Å²) in [5, 5.41) is 0. The Morgan fingerprint density at radius 1 is 1.15 bits per heavy atom. The van der Waals surface area contributed by atoms with Crippen molar-refractivity contribution in [2.45, 2.75) is 18.7 Å². The topological polar surface area (TPSA) is 88.4 Å². The second-order valence-corrected chi connectivity index (χ2v) is 8.94. The monoisotopic (exact) mass is 466 g/mol. The van der Waals surface area contributed by atoms with E-state index in [1.165, 1.54) is 18.4 Å². The van der Waals surface area contributed by atoms with E-state index in [1.54, 1.807) is 43.9 Å². The molecular formula is C24H22N2O6S. The van der Waals surface area contributed by atoms with Gasteiger partial charge in [-0.2, -0.15) is 0 Å². The number of ether oxygens (including phenoxy) is 4. The van der Waals surface area contributed by atoms with Crippen LogP contribution in [0, 0.1) is 5.92 Å². The molecule has 9 heteroatoms. The Hall–Kier alpha value is -3.59. The van der Waals surface area contributed by atoms with Gasteiger partial charge in [-0.1, -0.05) is 35.6 Å². The third kappa shape index (κ3) is 3.22. The predicted octanol–water partition coefficient (Wildman–Crippen LogP) is 1.88. The standard InChI is InChI=1S/C24H22N2O6S/c1-24-19(22(28)31-4)20(14-7-5-6-8-15(14)32-24)26-21(27)18(33-23(26)25-24)12-13-9-10-16(29-2)17(11-13)30-3/h5-12,19-20H,1-4H3/b18-12+/t19?,20?,24-/m0/s1. The summed E-state index contributed by atoms with van der Waals surface area (Å²) in [5.74, 6) is 0.487. The first-order valence-electron chi connectivity index (χ1n) is 10.3. The molecule has 5 rings (SSSR count). The van der Waals surface area contributed by atoms with E-state index in [-0.39, 0.29) is 5.56 Å². The summed E-state index contributed by atoms with van der Waals surface area (Å²) in [4.78, 5) is 31.7. The van der Waals surface area contributed by atoms with Gasteiger partial charge < -0.3 is 18.9 Å². The number of para-hydroxylation sites is 1. The van der Waals surface area contributed by atoms with Crippen LogP contribution in [0.5, 0.6) is 17.2 Å². The molecule has 0 spiro atoms. The summed E-state index contributed by atoms with van der Waals surface area (Å²) in [6.07, 6.45) is 1.78. The maximum atomic E-state index is 13.6. The van der Waals surface area contributed by atoms with E-state index in [4.69, 9.17) is 23.9 Å². The summed E-state index contributed by atoms with van der Waals surface area (Å²) < 4.78 is 24.0. The van der Waals surface area contributed by atoms with Crippen molar-refractivity contribution in [2.24, 2.45) is 10.9 Å². The number of aromatic nitrogens is 1.